The Morgan fingerprint density at radius 1 is 1.47 bits per heavy atom. The van der Waals surface area contributed by atoms with E-state index >= 15 is 0 Å². The minimum Gasteiger partial charge on any atom is -0.462 e. The molecule has 5 N–H and O–H groups in total. The van der Waals surface area contributed by atoms with E-state index in [4.69, 9.17) is 15.0 Å². The third-order valence-electron chi connectivity index (χ3n) is 2.51. The van der Waals surface area contributed by atoms with Crippen molar-refractivity contribution < 1.29 is 28.0 Å². The van der Waals surface area contributed by atoms with E-state index in [0.29, 0.717) is 0 Å². The lowest BCUT2D eigenvalue weighted by Gasteiger charge is -2.29. The summed E-state index contributed by atoms with van der Waals surface area (Å²) in [4.78, 5) is 11.1. The summed E-state index contributed by atoms with van der Waals surface area (Å²) < 4.78 is 35.5. The first-order valence-electron chi connectivity index (χ1n) is 5.50. The van der Waals surface area contributed by atoms with Crippen LogP contribution in [0.5, 0.6) is 0 Å². The molecule has 0 bridgehead atoms. The van der Waals surface area contributed by atoms with Gasteiger partial charge in [0.25, 0.3) is 10.1 Å². The molecule has 0 aliphatic heterocycles. The number of hydrogen-bond donors (Lipinski definition) is 2. The van der Waals surface area contributed by atoms with Gasteiger partial charge in [0.15, 0.2) is 0 Å². The molecule has 0 aliphatic rings. The summed E-state index contributed by atoms with van der Waals surface area (Å²) in [5.41, 5.74) is 5.30. The van der Waals surface area contributed by atoms with Gasteiger partial charge in [-0.15, -0.1) is 0 Å². The van der Waals surface area contributed by atoms with E-state index < -0.39 is 33.3 Å². The maximum absolute atomic E-state index is 11.1. The van der Waals surface area contributed by atoms with Gasteiger partial charge >= 0.3 is 5.97 Å². The predicted molar refractivity (Wildman–Crippen MR) is 72.2 cm³/mol. The maximum Gasteiger partial charge on any atom is 0.333 e. The van der Waals surface area contributed by atoms with E-state index in [1.165, 1.54) is 6.92 Å². The minimum absolute atomic E-state index is 0. The average molecular weight is 297 g/mol. The molecule has 19 heavy (non-hydrogen) atoms. The summed E-state index contributed by atoms with van der Waals surface area (Å²) in [6.45, 7) is 8.29. The molecule has 1 atom stereocenters. The molecule has 0 rings (SSSR count). The molecule has 114 valence electrons. The largest absolute Gasteiger partial charge is 0.462 e. The predicted octanol–water partition coefficient (Wildman–Crippen LogP) is -0.0876. The van der Waals surface area contributed by atoms with E-state index in [1.807, 2.05) is 0 Å². The Kier molecular flexibility index (Phi) is 8.13. The molecule has 0 aliphatic carbocycles. The first-order valence-corrected chi connectivity index (χ1v) is 7.11. The molecule has 0 aromatic carbocycles. The molecule has 1 unspecified atom stereocenters. The van der Waals surface area contributed by atoms with Crippen molar-refractivity contribution in [2.75, 3.05) is 12.4 Å². The van der Waals surface area contributed by atoms with Crippen LogP contribution in [0.15, 0.2) is 12.2 Å². The van der Waals surface area contributed by atoms with Gasteiger partial charge < -0.3 is 15.9 Å². The minimum atomic E-state index is -4.11. The number of hydrogen-bond acceptors (Lipinski definition) is 5. The van der Waals surface area contributed by atoms with Gasteiger partial charge in [0.1, 0.15) is 0 Å². The first kappa shape index (κ1) is 20.4. The molecule has 0 fully saturated rings. The summed E-state index contributed by atoms with van der Waals surface area (Å²) in [5, 5.41) is 0. The lowest BCUT2D eigenvalue weighted by atomic mass is 9.88. The van der Waals surface area contributed by atoms with Crippen molar-refractivity contribution in [1.82, 2.24) is 0 Å². The molecule has 0 spiro atoms. The van der Waals surface area contributed by atoms with Crippen molar-refractivity contribution in [3.8, 4) is 0 Å². The maximum atomic E-state index is 11.1. The summed E-state index contributed by atoms with van der Waals surface area (Å²) in [5.74, 6) is -1.50. The quantitative estimate of drug-likeness (QED) is 0.382. The van der Waals surface area contributed by atoms with Crippen molar-refractivity contribution in [3.05, 3.63) is 12.2 Å². The molecule has 0 aromatic rings. The van der Waals surface area contributed by atoms with E-state index in [1.54, 1.807) is 13.8 Å². The van der Waals surface area contributed by atoms with E-state index in [9.17, 15) is 13.2 Å². The Morgan fingerprint density at radius 3 is 2.26 bits per heavy atom. The Bertz CT molecular complexity index is 409. The normalized spacial score (nSPS) is 13.3. The Balaban J connectivity index is 0. The third kappa shape index (κ3) is 9.60. The van der Waals surface area contributed by atoms with Crippen LogP contribution in [0.1, 0.15) is 27.2 Å². The standard InChI is InChI=1S/C11H21NO5S.H2O/c1-8(2)10(13)17-6-5-9(11(3,4)12)7-18(14,15)16;/h9H,1,5-7,12H2,2-4H3,(H,14,15,16);1H2. The second-order valence-electron chi connectivity index (χ2n) is 4.97. The highest BCUT2D eigenvalue weighted by Crippen LogP contribution is 2.19. The van der Waals surface area contributed by atoms with Crippen molar-refractivity contribution in [2.45, 2.75) is 32.7 Å². The number of carbonyl (C=O) groups is 1. The lowest BCUT2D eigenvalue weighted by molar-refractivity contribution is -0.139. The van der Waals surface area contributed by atoms with E-state index in [2.05, 4.69) is 6.58 Å². The van der Waals surface area contributed by atoms with E-state index in [-0.39, 0.29) is 24.1 Å². The number of ether oxygens (including phenoxy) is 1. The zero-order valence-electron chi connectivity index (χ0n) is 11.5. The molecule has 0 saturated carbocycles. The monoisotopic (exact) mass is 297 g/mol. The van der Waals surface area contributed by atoms with Gasteiger partial charge in [-0.3, -0.25) is 4.55 Å². The van der Waals surface area contributed by atoms with Crippen LogP contribution in [0, 0.1) is 5.92 Å². The molecular weight excluding hydrogens is 274 g/mol. The molecule has 0 radical (unpaired) electrons. The SMILES string of the molecule is C=C(C)C(=O)OCCC(CS(=O)(=O)O)C(C)(C)N.O. The van der Waals surface area contributed by atoms with Crippen LogP contribution in [0.3, 0.4) is 0 Å². The highest BCUT2D eigenvalue weighted by molar-refractivity contribution is 7.85. The van der Waals surface area contributed by atoms with Crippen molar-refractivity contribution in [2.24, 2.45) is 11.7 Å². The number of esters is 1. The van der Waals surface area contributed by atoms with Gasteiger partial charge in [-0.1, -0.05) is 6.58 Å². The zero-order chi connectivity index (χ0) is 14.6. The molecule has 0 aromatic heterocycles. The molecular formula is C11H23NO6S. The van der Waals surface area contributed by atoms with Crippen LogP contribution in [-0.4, -0.2) is 42.3 Å². The fraction of sp³-hybridized carbons (Fsp3) is 0.727. The van der Waals surface area contributed by atoms with Crippen LogP contribution < -0.4 is 5.73 Å². The second-order valence-corrected chi connectivity index (χ2v) is 6.47. The second kappa shape index (κ2) is 7.59. The van der Waals surface area contributed by atoms with Crippen LogP contribution in [0.4, 0.5) is 0 Å². The Hall–Kier alpha value is -0.960. The van der Waals surface area contributed by atoms with Gasteiger partial charge in [0.05, 0.1) is 12.4 Å². The fourth-order valence-corrected chi connectivity index (χ4v) is 2.45. The van der Waals surface area contributed by atoms with Crippen LogP contribution in [0.2, 0.25) is 0 Å². The number of nitrogens with two attached hydrogens (primary N) is 1. The van der Waals surface area contributed by atoms with Crippen LogP contribution in [0.25, 0.3) is 0 Å². The Labute approximate surface area is 113 Å². The molecule has 0 heterocycles. The fourth-order valence-electron chi connectivity index (χ4n) is 1.34. The average Bonchev–Trinajstić information content (AvgIpc) is 2.12. The molecule has 7 nitrogen and oxygen atoms in total. The summed E-state index contributed by atoms with van der Waals surface area (Å²) >= 11 is 0. The number of rotatable bonds is 7. The number of carbonyl (C=O) groups excluding carboxylic acids is 1. The molecule has 8 heteroatoms. The van der Waals surface area contributed by atoms with Gasteiger partial charge in [0, 0.05) is 11.1 Å². The summed E-state index contributed by atoms with van der Waals surface area (Å²) in [6.07, 6.45) is 0.252. The van der Waals surface area contributed by atoms with Crippen molar-refractivity contribution in [3.63, 3.8) is 0 Å². The molecule has 0 amide bonds. The lowest BCUT2D eigenvalue weighted by Crippen LogP contribution is -2.44. The third-order valence-corrected chi connectivity index (χ3v) is 3.34. The van der Waals surface area contributed by atoms with Gasteiger partial charge in [0.2, 0.25) is 0 Å². The summed E-state index contributed by atoms with van der Waals surface area (Å²) in [7, 11) is -4.11. The van der Waals surface area contributed by atoms with E-state index in [0.717, 1.165) is 0 Å². The van der Waals surface area contributed by atoms with Gasteiger partial charge in [-0.2, -0.15) is 8.42 Å². The molecule has 0 saturated heterocycles. The van der Waals surface area contributed by atoms with Gasteiger partial charge in [-0.05, 0) is 33.1 Å². The van der Waals surface area contributed by atoms with Crippen LogP contribution >= 0.6 is 0 Å². The topological polar surface area (TPSA) is 138 Å². The van der Waals surface area contributed by atoms with Crippen molar-refractivity contribution >= 4 is 16.1 Å². The highest BCUT2D eigenvalue weighted by atomic mass is 32.2. The van der Waals surface area contributed by atoms with Gasteiger partial charge in [-0.25, -0.2) is 4.79 Å². The van der Waals surface area contributed by atoms with Crippen molar-refractivity contribution in [1.29, 1.82) is 0 Å². The summed E-state index contributed by atoms with van der Waals surface area (Å²) in [6, 6.07) is 0. The zero-order valence-corrected chi connectivity index (χ0v) is 12.3. The first-order chi connectivity index (χ1) is 7.93. The highest BCUT2D eigenvalue weighted by Gasteiger charge is 2.29. The smallest absolute Gasteiger partial charge is 0.333 e. The van der Waals surface area contributed by atoms with Crippen LogP contribution in [-0.2, 0) is 19.6 Å². The Morgan fingerprint density at radius 2 is 1.95 bits per heavy atom.